The molecule has 0 amide bonds. The fraction of sp³-hybridized carbons (Fsp3) is 0.294. The van der Waals surface area contributed by atoms with E-state index in [2.05, 4.69) is 11.1 Å². The zero-order valence-electron chi connectivity index (χ0n) is 11.9. The summed E-state index contributed by atoms with van der Waals surface area (Å²) in [6, 6.07) is 13.0. The molecular weight excluding hydrogens is 264 g/mol. The van der Waals surface area contributed by atoms with E-state index >= 15 is 0 Å². The van der Waals surface area contributed by atoms with E-state index < -0.39 is 11.7 Å². The highest BCUT2D eigenvalue weighted by atomic mass is 16.5. The zero-order chi connectivity index (χ0) is 15.0. The van der Waals surface area contributed by atoms with Crippen molar-refractivity contribution in [2.75, 3.05) is 0 Å². The first-order valence-corrected chi connectivity index (χ1v) is 6.85. The lowest BCUT2D eigenvalue weighted by Crippen LogP contribution is -2.49. The van der Waals surface area contributed by atoms with Gasteiger partial charge in [-0.15, -0.1) is 0 Å². The van der Waals surface area contributed by atoms with Crippen LogP contribution < -0.4 is 4.74 Å². The van der Waals surface area contributed by atoms with E-state index in [-0.39, 0.29) is 5.92 Å². The summed E-state index contributed by atoms with van der Waals surface area (Å²) in [6.07, 6.45) is 0.965. The van der Waals surface area contributed by atoms with Crippen LogP contribution in [0, 0.1) is 11.3 Å². The molecule has 1 aromatic carbocycles. The van der Waals surface area contributed by atoms with Crippen LogP contribution in [0.2, 0.25) is 0 Å². The van der Waals surface area contributed by atoms with E-state index in [9.17, 15) is 5.11 Å². The van der Waals surface area contributed by atoms with Crippen molar-refractivity contribution < 1.29 is 9.84 Å². The van der Waals surface area contributed by atoms with Crippen LogP contribution >= 0.6 is 0 Å². The molecule has 106 valence electrons. The minimum absolute atomic E-state index is 0.307. The normalized spacial score (nSPS) is 22.8. The lowest BCUT2D eigenvalue weighted by Gasteiger charge is -2.42. The van der Waals surface area contributed by atoms with Crippen LogP contribution in [0.3, 0.4) is 0 Å². The smallest absolute Gasteiger partial charge is 0.130 e. The third-order valence-corrected chi connectivity index (χ3v) is 3.88. The third-order valence-electron chi connectivity index (χ3n) is 3.88. The van der Waals surface area contributed by atoms with Gasteiger partial charge in [-0.3, -0.25) is 4.98 Å². The molecule has 0 unspecified atom stereocenters. The van der Waals surface area contributed by atoms with Crippen LogP contribution in [0.1, 0.15) is 36.6 Å². The van der Waals surface area contributed by atoms with Gasteiger partial charge < -0.3 is 9.84 Å². The summed E-state index contributed by atoms with van der Waals surface area (Å²) in [7, 11) is 0. The van der Waals surface area contributed by atoms with Gasteiger partial charge in [0.15, 0.2) is 0 Å². The second-order valence-corrected chi connectivity index (χ2v) is 5.75. The van der Waals surface area contributed by atoms with E-state index in [0.717, 1.165) is 11.3 Å². The molecule has 4 heteroatoms. The average molecular weight is 280 g/mol. The Hall–Kier alpha value is -2.38. The maximum Gasteiger partial charge on any atom is 0.130 e. The summed E-state index contributed by atoms with van der Waals surface area (Å²) in [5.74, 6) is 0.387. The number of rotatable bonds is 1. The molecule has 0 bridgehead atoms. The van der Waals surface area contributed by atoms with Gasteiger partial charge in [0.2, 0.25) is 0 Å². The predicted molar refractivity (Wildman–Crippen MR) is 78.0 cm³/mol. The number of hydrogen-bond acceptors (Lipinski definition) is 4. The molecule has 0 radical (unpaired) electrons. The maximum absolute atomic E-state index is 10.7. The molecule has 0 aliphatic carbocycles. The van der Waals surface area contributed by atoms with E-state index in [0.29, 0.717) is 11.3 Å². The number of pyridine rings is 1. The van der Waals surface area contributed by atoms with Crippen LogP contribution in [0.25, 0.3) is 0 Å². The first-order valence-electron chi connectivity index (χ1n) is 6.85. The SMILES string of the molecule is CC1(C)Oc2ccc(C#N)cc2[C@@H](c2ccccn2)[C@@H]1O. The van der Waals surface area contributed by atoms with Gasteiger partial charge in [-0.1, -0.05) is 6.07 Å². The van der Waals surface area contributed by atoms with Gasteiger partial charge in [-0.05, 0) is 44.2 Å². The minimum atomic E-state index is -0.742. The number of aliphatic hydroxyl groups excluding tert-OH is 1. The molecule has 2 heterocycles. The number of benzene rings is 1. The first kappa shape index (κ1) is 13.6. The van der Waals surface area contributed by atoms with E-state index in [1.807, 2.05) is 32.0 Å². The Morgan fingerprint density at radius 2 is 2.10 bits per heavy atom. The van der Waals surface area contributed by atoms with Gasteiger partial charge in [0.25, 0.3) is 0 Å². The predicted octanol–water partition coefficient (Wildman–Crippen LogP) is 2.62. The third kappa shape index (κ3) is 2.26. The molecule has 2 atom stereocenters. The molecule has 0 saturated carbocycles. The monoisotopic (exact) mass is 280 g/mol. The molecule has 1 aliphatic rings. The van der Waals surface area contributed by atoms with Crippen molar-refractivity contribution in [1.82, 2.24) is 4.98 Å². The number of nitrogens with zero attached hydrogens (tertiary/aromatic N) is 2. The van der Waals surface area contributed by atoms with Crippen molar-refractivity contribution in [2.45, 2.75) is 31.5 Å². The Kier molecular flexibility index (Phi) is 3.15. The summed E-state index contributed by atoms with van der Waals surface area (Å²) >= 11 is 0. The lowest BCUT2D eigenvalue weighted by molar-refractivity contribution is -0.0518. The van der Waals surface area contributed by atoms with Gasteiger partial charge in [0.05, 0.1) is 23.2 Å². The zero-order valence-corrected chi connectivity index (χ0v) is 11.9. The Labute approximate surface area is 123 Å². The minimum Gasteiger partial charge on any atom is -0.485 e. The maximum atomic E-state index is 10.7. The second-order valence-electron chi connectivity index (χ2n) is 5.75. The lowest BCUT2D eigenvalue weighted by atomic mass is 9.79. The summed E-state index contributed by atoms with van der Waals surface area (Å²) < 4.78 is 5.90. The van der Waals surface area contributed by atoms with Gasteiger partial charge in [0, 0.05) is 11.8 Å². The van der Waals surface area contributed by atoms with Gasteiger partial charge >= 0.3 is 0 Å². The summed E-state index contributed by atoms with van der Waals surface area (Å²) in [5.41, 5.74) is 1.41. The van der Waals surface area contributed by atoms with Gasteiger partial charge in [0.1, 0.15) is 17.5 Å². The highest BCUT2D eigenvalue weighted by Gasteiger charge is 2.44. The van der Waals surface area contributed by atoms with Gasteiger partial charge in [-0.2, -0.15) is 5.26 Å². The van der Waals surface area contributed by atoms with Crippen LogP contribution in [-0.4, -0.2) is 21.8 Å². The first-order chi connectivity index (χ1) is 10.0. The van der Waals surface area contributed by atoms with Gasteiger partial charge in [-0.25, -0.2) is 0 Å². The summed E-state index contributed by atoms with van der Waals surface area (Å²) in [4.78, 5) is 4.37. The van der Waals surface area contributed by atoms with E-state index in [1.54, 1.807) is 24.4 Å². The average Bonchev–Trinajstić information content (AvgIpc) is 2.49. The number of nitriles is 1. The fourth-order valence-corrected chi connectivity index (χ4v) is 2.75. The van der Waals surface area contributed by atoms with Crippen molar-refractivity contribution in [1.29, 1.82) is 5.26 Å². The molecule has 0 fully saturated rings. The molecule has 2 aromatic rings. The Morgan fingerprint density at radius 1 is 1.29 bits per heavy atom. The molecule has 1 N–H and O–H groups in total. The standard InChI is InChI=1S/C17H16N2O2/c1-17(2)16(20)15(13-5-3-4-8-19-13)12-9-11(10-18)6-7-14(12)21-17/h3-9,15-16,20H,1-2H3/t15-,16-/m0/s1. The van der Waals surface area contributed by atoms with Crippen LogP contribution in [-0.2, 0) is 0 Å². The van der Waals surface area contributed by atoms with Crippen LogP contribution in [0.4, 0.5) is 0 Å². The molecule has 1 aromatic heterocycles. The van der Waals surface area contributed by atoms with Crippen molar-refractivity contribution in [3.8, 4) is 11.8 Å². The quantitative estimate of drug-likeness (QED) is 0.872. The Bertz CT molecular complexity index is 704. The van der Waals surface area contributed by atoms with E-state index in [4.69, 9.17) is 10.00 Å². The van der Waals surface area contributed by atoms with E-state index in [1.165, 1.54) is 0 Å². The largest absolute Gasteiger partial charge is 0.485 e. The molecule has 21 heavy (non-hydrogen) atoms. The van der Waals surface area contributed by atoms with Crippen molar-refractivity contribution >= 4 is 0 Å². The van der Waals surface area contributed by atoms with Crippen LogP contribution in [0.15, 0.2) is 42.6 Å². The summed E-state index contributed by atoms with van der Waals surface area (Å²) in [5, 5.41) is 19.8. The Balaban J connectivity index is 2.20. The van der Waals surface area contributed by atoms with Crippen LogP contribution in [0.5, 0.6) is 5.75 Å². The molecule has 1 aliphatic heterocycles. The highest BCUT2D eigenvalue weighted by Crippen LogP contribution is 2.44. The highest BCUT2D eigenvalue weighted by molar-refractivity contribution is 5.49. The van der Waals surface area contributed by atoms with Crippen molar-refractivity contribution in [3.05, 3.63) is 59.4 Å². The number of aromatic nitrogens is 1. The Morgan fingerprint density at radius 3 is 2.76 bits per heavy atom. The fourth-order valence-electron chi connectivity index (χ4n) is 2.75. The number of hydrogen-bond donors (Lipinski definition) is 1. The molecule has 0 saturated heterocycles. The summed E-state index contributed by atoms with van der Waals surface area (Å²) in [6.45, 7) is 3.71. The molecule has 4 nitrogen and oxygen atoms in total. The molecule has 3 rings (SSSR count). The van der Waals surface area contributed by atoms with Crippen molar-refractivity contribution in [2.24, 2.45) is 0 Å². The number of aliphatic hydroxyl groups is 1. The molecular formula is C17H16N2O2. The molecule has 0 spiro atoms. The topological polar surface area (TPSA) is 66.1 Å². The number of ether oxygens (including phenoxy) is 1. The second kappa shape index (κ2) is 4.87. The van der Waals surface area contributed by atoms with Crippen molar-refractivity contribution in [3.63, 3.8) is 0 Å². The number of fused-ring (bicyclic) bond motifs is 1.